The number of unbranched alkanes of at least 4 members (excludes halogenated alkanes) is 2. The summed E-state index contributed by atoms with van der Waals surface area (Å²) in [6, 6.07) is 0. The summed E-state index contributed by atoms with van der Waals surface area (Å²) in [4.78, 5) is 14.3. The van der Waals surface area contributed by atoms with Crippen LogP contribution in [-0.2, 0) is 4.79 Å². The number of carbonyl (C=O) groups is 1. The molecule has 1 aliphatic carbocycles. The van der Waals surface area contributed by atoms with Gasteiger partial charge in [0.15, 0.2) is 0 Å². The predicted molar refractivity (Wildman–Crippen MR) is 81.8 cm³/mol. The number of hydrogen-bond donors (Lipinski definition) is 0. The van der Waals surface area contributed by atoms with Crippen LogP contribution in [0.2, 0.25) is 0 Å². The van der Waals surface area contributed by atoms with Crippen molar-refractivity contribution in [3.05, 3.63) is 23.9 Å². The zero-order chi connectivity index (χ0) is 14.1. The molecule has 0 aromatic heterocycles. The van der Waals surface area contributed by atoms with Crippen molar-refractivity contribution >= 4 is 5.91 Å². The highest BCUT2D eigenvalue weighted by molar-refractivity contribution is 5.80. The van der Waals surface area contributed by atoms with E-state index in [4.69, 9.17) is 0 Å². The number of nitrogens with zero attached hydrogens (tertiary/aromatic N) is 1. The summed E-state index contributed by atoms with van der Waals surface area (Å²) in [6.45, 7) is 6.92. The second kappa shape index (κ2) is 8.95. The van der Waals surface area contributed by atoms with Gasteiger partial charge in [-0.1, -0.05) is 51.8 Å². The van der Waals surface area contributed by atoms with E-state index in [1.807, 2.05) is 18.7 Å². The summed E-state index contributed by atoms with van der Waals surface area (Å²) in [5.74, 6) is 0.333. The van der Waals surface area contributed by atoms with Crippen molar-refractivity contribution in [2.24, 2.45) is 5.92 Å². The second-order valence-electron chi connectivity index (χ2n) is 5.66. The first-order valence-electron chi connectivity index (χ1n) is 7.82. The van der Waals surface area contributed by atoms with Crippen molar-refractivity contribution in [2.45, 2.75) is 65.7 Å². The molecule has 1 amide bonds. The molecule has 0 bridgehead atoms. The maximum Gasteiger partial charge on any atom is 0.229 e. The molecular weight excluding hydrogens is 234 g/mol. The Hall–Kier alpha value is -1.05. The lowest BCUT2D eigenvalue weighted by molar-refractivity contribution is -0.132. The molecule has 0 N–H and O–H groups in total. The molecule has 0 aliphatic heterocycles. The van der Waals surface area contributed by atoms with Gasteiger partial charge in [0.25, 0.3) is 0 Å². The van der Waals surface area contributed by atoms with Gasteiger partial charge in [0, 0.05) is 18.2 Å². The first kappa shape index (κ1) is 16.0. The van der Waals surface area contributed by atoms with E-state index in [-0.39, 0.29) is 11.8 Å². The maximum absolute atomic E-state index is 12.3. The van der Waals surface area contributed by atoms with E-state index in [0.29, 0.717) is 0 Å². The minimum absolute atomic E-state index is 0.0758. The zero-order valence-electron chi connectivity index (χ0n) is 12.8. The van der Waals surface area contributed by atoms with Crippen LogP contribution < -0.4 is 0 Å². The van der Waals surface area contributed by atoms with Crippen LogP contribution in [0.1, 0.15) is 65.7 Å². The zero-order valence-corrected chi connectivity index (χ0v) is 12.8. The van der Waals surface area contributed by atoms with E-state index < -0.39 is 0 Å². The largest absolute Gasteiger partial charge is 0.312 e. The van der Waals surface area contributed by atoms with Crippen LogP contribution in [0.3, 0.4) is 0 Å². The van der Waals surface area contributed by atoms with E-state index >= 15 is 0 Å². The standard InChI is InChI=1S/C17H29NO/c1-4-5-6-7-11-14-18(17(19)15(2)3)16-12-9-8-10-13-16/h7,11-12,15H,4-6,8-10,13-14H2,1-3H3/b11-7+. The quantitative estimate of drug-likeness (QED) is 0.482. The van der Waals surface area contributed by atoms with Crippen LogP contribution in [0, 0.1) is 5.92 Å². The Morgan fingerprint density at radius 2 is 2.16 bits per heavy atom. The lowest BCUT2D eigenvalue weighted by Gasteiger charge is -2.28. The number of rotatable bonds is 7. The van der Waals surface area contributed by atoms with Crippen LogP contribution in [0.4, 0.5) is 0 Å². The minimum atomic E-state index is 0.0758. The van der Waals surface area contributed by atoms with E-state index in [1.165, 1.54) is 31.4 Å². The topological polar surface area (TPSA) is 20.3 Å². The number of carbonyl (C=O) groups excluding carboxylic acids is 1. The van der Waals surface area contributed by atoms with Crippen molar-refractivity contribution in [1.29, 1.82) is 0 Å². The summed E-state index contributed by atoms with van der Waals surface area (Å²) in [7, 11) is 0. The number of amides is 1. The summed E-state index contributed by atoms with van der Waals surface area (Å²) in [5, 5.41) is 0. The Balaban J connectivity index is 2.61. The summed E-state index contributed by atoms with van der Waals surface area (Å²) in [6.07, 6.45) is 14.9. The van der Waals surface area contributed by atoms with Gasteiger partial charge in [-0.15, -0.1) is 0 Å². The van der Waals surface area contributed by atoms with Crippen molar-refractivity contribution in [1.82, 2.24) is 4.90 Å². The molecule has 0 fully saturated rings. The molecule has 2 heteroatoms. The Morgan fingerprint density at radius 3 is 2.74 bits per heavy atom. The highest BCUT2D eigenvalue weighted by Gasteiger charge is 2.20. The SMILES string of the molecule is CCCC/C=C/CN(C(=O)C(C)C)C1=CCCCC1. The van der Waals surface area contributed by atoms with Crippen molar-refractivity contribution in [2.75, 3.05) is 6.54 Å². The van der Waals surface area contributed by atoms with E-state index in [2.05, 4.69) is 25.2 Å². The summed E-state index contributed by atoms with van der Waals surface area (Å²) >= 11 is 0. The Kier molecular flexibility index (Phi) is 7.54. The fraction of sp³-hybridized carbons (Fsp3) is 0.706. The van der Waals surface area contributed by atoms with Crippen LogP contribution in [-0.4, -0.2) is 17.4 Å². The molecule has 0 aromatic rings. The average Bonchev–Trinajstić information content (AvgIpc) is 2.43. The van der Waals surface area contributed by atoms with Gasteiger partial charge in [0.05, 0.1) is 0 Å². The lowest BCUT2D eigenvalue weighted by atomic mass is 10.0. The molecule has 1 aliphatic rings. The summed E-state index contributed by atoms with van der Waals surface area (Å²) in [5.41, 5.74) is 1.24. The number of allylic oxidation sites excluding steroid dienone is 3. The molecule has 1 rings (SSSR count). The molecule has 0 unspecified atom stereocenters. The molecule has 19 heavy (non-hydrogen) atoms. The smallest absolute Gasteiger partial charge is 0.229 e. The fourth-order valence-electron chi connectivity index (χ4n) is 2.35. The third-order valence-corrected chi connectivity index (χ3v) is 3.55. The second-order valence-corrected chi connectivity index (χ2v) is 5.66. The third-order valence-electron chi connectivity index (χ3n) is 3.55. The number of hydrogen-bond acceptors (Lipinski definition) is 1. The molecule has 0 aromatic carbocycles. The molecule has 0 spiro atoms. The Bertz CT molecular complexity index is 328. The van der Waals surface area contributed by atoms with Gasteiger partial charge >= 0.3 is 0 Å². The monoisotopic (exact) mass is 263 g/mol. The van der Waals surface area contributed by atoms with Crippen LogP contribution >= 0.6 is 0 Å². The van der Waals surface area contributed by atoms with E-state index in [0.717, 1.165) is 25.8 Å². The van der Waals surface area contributed by atoms with E-state index in [9.17, 15) is 4.79 Å². The maximum atomic E-state index is 12.3. The highest BCUT2D eigenvalue weighted by Crippen LogP contribution is 2.22. The molecular formula is C17H29NO. The molecule has 0 saturated heterocycles. The van der Waals surface area contributed by atoms with Gasteiger partial charge in [0.2, 0.25) is 5.91 Å². The highest BCUT2D eigenvalue weighted by atomic mass is 16.2. The Morgan fingerprint density at radius 1 is 1.37 bits per heavy atom. The lowest BCUT2D eigenvalue weighted by Crippen LogP contribution is -2.34. The van der Waals surface area contributed by atoms with E-state index in [1.54, 1.807) is 0 Å². The van der Waals surface area contributed by atoms with Gasteiger partial charge in [0.1, 0.15) is 0 Å². The molecule has 0 saturated carbocycles. The molecule has 0 atom stereocenters. The van der Waals surface area contributed by atoms with Crippen molar-refractivity contribution in [3.63, 3.8) is 0 Å². The molecule has 108 valence electrons. The Labute approximate surface area is 118 Å². The van der Waals surface area contributed by atoms with Gasteiger partial charge < -0.3 is 4.90 Å². The minimum Gasteiger partial charge on any atom is -0.312 e. The predicted octanol–water partition coefficient (Wildman–Crippen LogP) is 4.68. The van der Waals surface area contributed by atoms with Gasteiger partial charge in [-0.25, -0.2) is 0 Å². The first-order chi connectivity index (χ1) is 9.16. The van der Waals surface area contributed by atoms with Crippen molar-refractivity contribution < 1.29 is 4.79 Å². The van der Waals surface area contributed by atoms with Gasteiger partial charge in [-0.3, -0.25) is 4.79 Å². The molecule has 2 nitrogen and oxygen atoms in total. The average molecular weight is 263 g/mol. The third kappa shape index (κ3) is 5.63. The van der Waals surface area contributed by atoms with Gasteiger partial charge in [-0.2, -0.15) is 0 Å². The van der Waals surface area contributed by atoms with Crippen molar-refractivity contribution in [3.8, 4) is 0 Å². The molecule has 0 heterocycles. The molecule has 0 radical (unpaired) electrons. The normalized spacial score (nSPS) is 15.9. The van der Waals surface area contributed by atoms with Gasteiger partial charge in [-0.05, 0) is 32.1 Å². The fourth-order valence-corrected chi connectivity index (χ4v) is 2.35. The van der Waals surface area contributed by atoms with Crippen LogP contribution in [0.25, 0.3) is 0 Å². The van der Waals surface area contributed by atoms with Crippen LogP contribution in [0.5, 0.6) is 0 Å². The van der Waals surface area contributed by atoms with Crippen LogP contribution in [0.15, 0.2) is 23.9 Å². The summed E-state index contributed by atoms with van der Waals surface area (Å²) < 4.78 is 0. The first-order valence-corrected chi connectivity index (χ1v) is 7.82.